The van der Waals surface area contributed by atoms with E-state index in [2.05, 4.69) is 10.3 Å². The summed E-state index contributed by atoms with van der Waals surface area (Å²) in [6.45, 7) is 2.08. The number of pyridine rings is 2. The molecule has 2 heterocycles. The number of amides is 1. The van der Waals surface area contributed by atoms with Crippen LogP contribution in [0.4, 0.5) is 17.6 Å². The summed E-state index contributed by atoms with van der Waals surface area (Å²) >= 11 is 0. The lowest BCUT2D eigenvalue weighted by Crippen LogP contribution is -2.32. The Labute approximate surface area is 169 Å². The van der Waals surface area contributed by atoms with Gasteiger partial charge < -0.3 is 9.88 Å². The van der Waals surface area contributed by atoms with Gasteiger partial charge in [0.15, 0.2) is 0 Å². The maximum Gasteiger partial charge on any atom is 0.416 e. The molecule has 3 rings (SSSR count). The zero-order valence-corrected chi connectivity index (χ0v) is 15.8. The molecule has 1 amide bonds. The largest absolute Gasteiger partial charge is 0.416 e. The molecular formula is C21H17F4N3O2. The molecule has 0 saturated heterocycles. The molecule has 1 atom stereocenters. The monoisotopic (exact) mass is 419 g/mol. The molecule has 3 aromatic rings. The molecule has 30 heavy (non-hydrogen) atoms. The molecule has 156 valence electrons. The third-order valence-electron chi connectivity index (χ3n) is 4.49. The number of benzene rings is 1. The van der Waals surface area contributed by atoms with Crippen molar-refractivity contribution in [2.24, 2.45) is 0 Å². The van der Waals surface area contributed by atoms with Gasteiger partial charge in [-0.2, -0.15) is 13.2 Å². The number of aromatic nitrogens is 2. The summed E-state index contributed by atoms with van der Waals surface area (Å²) < 4.78 is 54.3. The molecule has 0 fully saturated rings. The molecule has 0 unspecified atom stereocenters. The van der Waals surface area contributed by atoms with Crippen molar-refractivity contribution in [3.8, 4) is 0 Å². The first kappa shape index (κ1) is 21.2. The minimum atomic E-state index is -4.53. The quantitative estimate of drug-likeness (QED) is 0.638. The van der Waals surface area contributed by atoms with E-state index in [-0.39, 0.29) is 22.4 Å². The van der Waals surface area contributed by atoms with Crippen LogP contribution in [-0.2, 0) is 12.7 Å². The van der Waals surface area contributed by atoms with E-state index in [1.807, 2.05) is 0 Å². The molecule has 0 aliphatic rings. The highest BCUT2D eigenvalue weighted by Gasteiger charge is 2.31. The molecule has 0 bridgehead atoms. The number of hydrogen-bond donors (Lipinski definition) is 1. The minimum Gasteiger partial charge on any atom is -0.339 e. The summed E-state index contributed by atoms with van der Waals surface area (Å²) in [6, 6.07) is 7.95. The SMILES string of the molecule is CCn1cc(C(=O)N[C@@H](c2ccc(C(F)(F)F)cc2)c2ncccc2F)ccc1=O. The Morgan fingerprint density at radius 3 is 2.43 bits per heavy atom. The van der Waals surface area contributed by atoms with Gasteiger partial charge >= 0.3 is 6.18 Å². The Kier molecular flexibility index (Phi) is 6.00. The third-order valence-corrected chi connectivity index (χ3v) is 4.49. The molecule has 0 spiro atoms. The Bertz CT molecular complexity index is 1110. The van der Waals surface area contributed by atoms with Crippen molar-refractivity contribution >= 4 is 5.91 Å². The number of halogens is 4. The fourth-order valence-electron chi connectivity index (χ4n) is 2.91. The van der Waals surface area contributed by atoms with E-state index in [1.54, 1.807) is 6.92 Å². The van der Waals surface area contributed by atoms with Gasteiger partial charge in [0.1, 0.15) is 11.5 Å². The maximum absolute atomic E-state index is 14.4. The summed E-state index contributed by atoms with van der Waals surface area (Å²) in [7, 11) is 0. The van der Waals surface area contributed by atoms with Crippen molar-refractivity contribution in [1.82, 2.24) is 14.9 Å². The third kappa shape index (κ3) is 4.56. The number of aryl methyl sites for hydroxylation is 1. The van der Waals surface area contributed by atoms with Crippen LogP contribution < -0.4 is 10.9 Å². The summed E-state index contributed by atoms with van der Waals surface area (Å²) in [5.41, 5.74) is -0.936. The van der Waals surface area contributed by atoms with Gasteiger partial charge in [0.05, 0.1) is 17.2 Å². The predicted octanol–water partition coefficient (Wildman–Crippen LogP) is 3.94. The Hall–Kier alpha value is -3.49. The standard InChI is InChI=1S/C21H17F4N3O2/c1-2-28-12-14(7-10-17(28)29)20(30)27-18(19-16(22)4-3-11-26-19)13-5-8-15(9-6-13)21(23,24)25/h3-12,18H,2H2,1H3,(H,27,30)/t18-/m0/s1. The first-order chi connectivity index (χ1) is 14.2. The van der Waals surface area contributed by atoms with Gasteiger partial charge in [-0.25, -0.2) is 4.39 Å². The summed E-state index contributed by atoms with van der Waals surface area (Å²) in [6.07, 6.45) is -1.85. The fraction of sp³-hybridized carbons (Fsp3) is 0.190. The Balaban J connectivity index is 1.99. The van der Waals surface area contributed by atoms with E-state index in [0.717, 1.165) is 30.3 Å². The predicted molar refractivity (Wildman–Crippen MR) is 101 cm³/mol. The van der Waals surface area contributed by atoms with Gasteiger partial charge in [0.25, 0.3) is 11.5 Å². The lowest BCUT2D eigenvalue weighted by molar-refractivity contribution is -0.137. The summed E-state index contributed by atoms with van der Waals surface area (Å²) in [5.74, 6) is -1.35. The topological polar surface area (TPSA) is 64.0 Å². The van der Waals surface area contributed by atoms with Crippen LogP contribution in [0.3, 0.4) is 0 Å². The number of nitrogens with one attached hydrogen (secondary N) is 1. The molecule has 5 nitrogen and oxygen atoms in total. The summed E-state index contributed by atoms with van der Waals surface area (Å²) in [5, 5.41) is 2.60. The van der Waals surface area contributed by atoms with Crippen molar-refractivity contribution < 1.29 is 22.4 Å². The van der Waals surface area contributed by atoms with Crippen LogP contribution in [0.1, 0.15) is 40.1 Å². The number of alkyl halides is 3. The lowest BCUT2D eigenvalue weighted by Gasteiger charge is -2.20. The van der Waals surface area contributed by atoms with Crippen LogP contribution >= 0.6 is 0 Å². The molecule has 0 aliphatic carbocycles. The highest BCUT2D eigenvalue weighted by atomic mass is 19.4. The molecular weight excluding hydrogens is 402 g/mol. The van der Waals surface area contributed by atoms with Crippen molar-refractivity contribution in [3.63, 3.8) is 0 Å². The second-order valence-corrected chi connectivity index (χ2v) is 6.44. The van der Waals surface area contributed by atoms with E-state index < -0.39 is 29.5 Å². The zero-order valence-electron chi connectivity index (χ0n) is 15.8. The van der Waals surface area contributed by atoms with Crippen molar-refractivity contribution in [1.29, 1.82) is 0 Å². The van der Waals surface area contributed by atoms with Crippen molar-refractivity contribution in [2.75, 3.05) is 0 Å². The first-order valence-corrected chi connectivity index (χ1v) is 8.99. The van der Waals surface area contributed by atoms with Crippen LogP contribution in [0.5, 0.6) is 0 Å². The van der Waals surface area contributed by atoms with Crippen molar-refractivity contribution in [2.45, 2.75) is 25.7 Å². The highest BCUT2D eigenvalue weighted by molar-refractivity contribution is 5.94. The van der Waals surface area contributed by atoms with Gasteiger partial charge in [0, 0.05) is 25.0 Å². The summed E-state index contributed by atoms with van der Waals surface area (Å²) in [4.78, 5) is 28.4. The van der Waals surface area contributed by atoms with Crippen LogP contribution in [0.15, 0.2) is 65.7 Å². The molecule has 1 aromatic carbocycles. The zero-order chi connectivity index (χ0) is 21.9. The number of hydrogen-bond acceptors (Lipinski definition) is 3. The second-order valence-electron chi connectivity index (χ2n) is 6.44. The number of rotatable bonds is 5. The van der Waals surface area contributed by atoms with Gasteiger partial charge in [0.2, 0.25) is 0 Å². The molecule has 0 aliphatic heterocycles. The fourth-order valence-corrected chi connectivity index (χ4v) is 2.91. The molecule has 2 aromatic heterocycles. The normalized spacial score (nSPS) is 12.4. The van der Waals surface area contributed by atoms with Gasteiger partial charge in [-0.05, 0) is 42.8 Å². The smallest absolute Gasteiger partial charge is 0.339 e. The number of nitrogens with zero attached hydrogens (tertiary/aromatic N) is 2. The average Bonchev–Trinajstić information content (AvgIpc) is 2.72. The van der Waals surface area contributed by atoms with E-state index in [4.69, 9.17) is 0 Å². The molecule has 1 N–H and O–H groups in total. The van der Waals surface area contributed by atoms with Crippen LogP contribution in [-0.4, -0.2) is 15.5 Å². The minimum absolute atomic E-state index is 0.143. The van der Waals surface area contributed by atoms with Gasteiger partial charge in [-0.15, -0.1) is 0 Å². The Morgan fingerprint density at radius 1 is 1.13 bits per heavy atom. The average molecular weight is 419 g/mol. The second kappa shape index (κ2) is 8.48. The number of carbonyl (C=O) groups is 1. The molecule has 0 radical (unpaired) electrons. The van der Waals surface area contributed by atoms with Crippen LogP contribution in [0, 0.1) is 5.82 Å². The maximum atomic E-state index is 14.4. The van der Waals surface area contributed by atoms with E-state index >= 15 is 0 Å². The Morgan fingerprint density at radius 2 is 1.83 bits per heavy atom. The van der Waals surface area contributed by atoms with Gasteiger partial charge in [-0.3, -0.25) is 14.6 Å². The molecule has 9 heteroatoms. The van der Waals surface area contributed by atoms with E-state index in [0.29, 0.717) is 6.54 Å². The van der Waals surface area contributed by atoms with Crippen molar-refractivity contribution in [3.05, 3.63) is 99.5 Å². The van der Waals surface area contributed by atoms with Crippen LogP contribution in [0.2, 0.25) is 0 Å². The van der Waals surface area contributed by atoms with Gasteiger partial charge in [-0.1, -0.05) is 12.1 Å². The van der Waals surface area contributed by atoms with E-state index in [1.165, 1.54) is 35.2 Å². The first-order valence-electron chi connectivity index (χ1n) is 8.99. The van der Waals surface area contributed by atoms with E-state index in [9.17, 15) is 27.2 Å². The molecule has 0 saturated carbocycles. The number of carbonyl (C=O) groups excluding carboxylic acids is 1. The van der Waals surface area contributed by atoms with Crippen LogP contribution in [0.25, 0.3) is 0 Å². The highest BCUT2D eigenvalue weighted by Crippen LogP contribution is 2.31. The lowest BCUT2D eigenvalue weighted by atomic mass is 10.0.